The van der Waals surface area contributed by atoms with Crippen molar-refractivity contribution in [2.45, 2.75) is 19.4 Å². The van der Waals surface area contributed by atoms with Crippen LogP contribution in [0.15, 0.2) is 54.6 Å². The first-order chi connectivity index (χ1) is 7.81. The summed E-state index contributed by atoms with van der Waals surface area (Å²) in [5.41, 5.74) is 9.52. The first-order valence-electron chi connectivity index (χ1n) is 5.65. The van der Waals surface area contributed by atoms with Crippen LogP contribution in [0.1, 0.15) is 29.5 Å². The van der Waals surface area contributed by atoms with Crippen molar-refractivity contribution in [3.05, 3.63) is 71.3 Å². The van der Waals surface area contributed by atoms with Gasteiger partial charge in [-0.2, -0.15) is 0 Å². The van der Waals surface area contributed by atoms with Crippen LogP contribution in [-0.2, 0) is 6.54 Å². The molecule has 1 unspecified atom stereocenters. The van der Waals surface area contributed by atoms with Crippen LogP contribution in [0.25, 0.3) is 0 Å². The molecule has 0 saturated heterocycles. The van der Waals surface area contributed by atoms with E-state index in [0.717, 1.165) is 0 Å². The molecule has 0 aliphatic carbocycles. The van der Waals surface area contributed by atoms with Crippen molar-refractivity contribution < 1.29 is 0 Å². The molecule has 0 heterocycles. The van der Waals surface area contributed by atoms with E-state index in [-0.39, 0.29) is 0 Å². The highest BCUT2D eigenvalue weighted by Gasteiger charge is 2.07. The Hall–Kier alpha value is -1.60. The molecular formula is C15H17N. The van der Waals surface area contributed by atoms with Crippen LogP contribution >= 0.6 is 0 Å². The third kappa shape index (κ3) is 2.31. The lowest BCUT2D eigenvalue weighted by atomic mass is 9.92. The van der Waals surface area contributed by atoms with Gasteiger partial charge in [0.05, 0.1) is 0 Å². The second kappa shape index (κ2) is 4.95. The van der Waals surface area contributed by atoms with Crippen molar-refractivity contribution >= 4 is 0 Å². The van der Waals surface area contributed by atoms with Gasteiger partial charge in [-0.3, -0.25) is 0 Å². The van der Waals surface area contributed by atoms with E-state index in [2.05, 4.69) is 55.5 Å². The summed E-state index contributed by atoms with van der Waals surface area (Å²) in [5, 5.41) is 0. The van der Waals surface area contributed by atoms with E-state index in [0.29, 0.717) is 12.5 Å². The molecule has 2 aromatic rings. The number of benzene rings is 2. The van der Waals surface area contributed by atoms with Gasteiger partial charge in [0.2, 0.25) is 0 Å². The summed E-state index contributed by atoms with van der Waals surface area (Å²) in [6.07, 6.45) is 0. The SMILES string of the molecule is CC(c1ccccc1)c1cccc(CN)c1. The maximum absolute atomic E-state index is 5.66. The highest BCUT2D eigenvalue weighted by atomic mass is 14.5. The third-order valence-corrected chi connectivity index (χ3v) is 2.99. The molecule has 0 amide bonds. The van der Waals surface area contributed by atoms with E-state index in [1.54, 1.807) is 0 Å². The van der Waals surface area contributed by atoms with Gasteiger partial charge in [0.15, 0.2) is 0 Å². The summed E-state index contributed by atoms with van der Waals surface area (Å²) in [5.74, 6) is 0.424. The van der Waals surface area contributed by atoms with Gasteiger partial charge in [0, 0.05) is 12.5 Å². The molecule has 0 radical (unpaired) electrons. The molecule has 1 heteroatoms. The van der Waals surface area contributed by atoms with E-state index < -0.39 is 0 Å². The first kappa shape index (κ1) is 10.9. The van der Waals surface area contributed by atoms with Gasteiger partial charge in [0.25, 0.3) is 0 Å². The second-order valence-electron chi connectivity index (χ2n) is 4.08. The average molecular weight is 211 g/mol. The van der Waals surface area contributed by atoms with Gasteiger partial charge in [0.1, 0.15) is 0 Å². The number of rotatable bonds is 3. The van der Waals surface area contributed by atoms with Crippen LogP contribution in [0.5, 0.6) is 0 Å². The molecule has 0 aromatic heterocycles. The van der Waals surface area contributed by atoms with Crippen molar-refractivity contribution in [2.24, 2.45) is 5.73 Å². The lowest BCUT2D eigenvalue weighted by Gasteiger charge is -2.13. The molecule has 0 fully saturated rings. The Kier molecular flexibility index (Phi) is 3.37. The number of nitrogens with two attached hydrogens (primary N) is 1. The summed E-state index contributed by atoms with van der Waals surface area (Å²) in [6.45, 7) is 2.83. The van der Waals surface area contributed by atoms with Gasteiger partial charge in [-0.15, -0.1) is 0 Å². The Morgan fingerprint density at radius 2 is 1.62 bits per heavy atom. The smallest absolute Gasteiger partial charge is 0.0178 e. The van der Waals surface area contributed by atoms with E-state index >= 15 is 0 Å². The summed E-state index contributed by atoms with van der Waals surface area (Å²) < 4.78 is 0. The van der Waals surface area contributed by atoms with Crippen molar-refractivity contribution in [2.75, 3.05) is 0 Å². The highest BCUT2D eigenvalue weighted by Crippen LogP contribution is 2.24. The van der Waals surface area contributed by atoms with Gasteiger partial charge < -0.3 is 5.73 Å². The van der Waals surface area contributed by atoms with E-state index in [1.165, 1.54) is 16.7 Å². The monoisotopic (exact) mass is 211 g/mol. The van der Waals surface area contributed by atoms with E-state index in [9.17, 15) is 0 Å². The van der Waals surface area contributed by atoms with Crippen LogP contribution < -0.4 is 5.73 Å². The van der Waals surface area contributed by atoms with E-state index in [1.807, 2.05) is 6.07 Å². The molecule has 1 nitrogen and oxygen atoms in total. The minimum Gasteiger partial charge on any atom is -0.326 e. The molecule has 0 saturated carbocycles. The standard InChI is InChI=1S/C15H17N/c1-12(14-7-3-2-4-8-14)15-9-5-6-13(10-15)11-16/h2-10,12H,11,16H2,1H3. The zero-order valence-electron chi connectivity index (χ0n) is 9.56. The summed E-state index contributed by atoms with van der Waals surface area (Å²) in [6, 6.07) is 19.1. The summed E-state index contributed by atoms with van der Waals surface area (Å²) in [4.78, 5) is 0. The molecule has 2 N–H and O–H groups in total. The summed E-state index contributed by atoms with van der Waals surface area (Å²) in [7, 11) is 0. The average Bonchev–Trinajstić information content (AvgIpc) is 2.39. The predicted octanol–water partition coefficient (Wildman–Crippen LogP) is 3.30. The van der Waals surface area contributed by atoms with Crippen molar-refractivity contribution in [3.63, 3.8) is 0 Å². The second-order valence-corrected chi connectivity index (χ2v) is 4.08. The largest absolute Gasteiger partial charge is 0.326 e. The molecule has 0 aliphatic heterocycles. The Bertz CT molecular complexity index is 448. The zero-order chi connectivity index (χ0) is 11.4. The lowest BCUT2D eigenvalue weighted by molar-refractivity contribution is 0.914. The Morgan fingerprint density at radius 1 is 0.938 bits per heavy atom. The lowest BCUT2D eigenvalue weighted by Crippen LogP contribution is -2.00. The fourth-order valence-electron chi connectivity index (χ4n) is 1.92. The fourth-order valence-corrected chi connectivity index (χ4v) is 1.92. The van der Waals surface area contributed by atoms with Crippen molar-refractivity contribution in [1.29, 1.82) is 0 Å². The Morgan fingerprint density at radius 3 is 2.31 bits per heavy atom. The molecule has 0 aliphatic rings. The Balaban J connectivity index is 2.30. The maximum Gasteiger partial charge on any atom is 0.0178 e. The van der Waals surface area contributed by atoms with E-state index in [4.69, 9.17) is 5.73 Å². The molecule has 16 heavy (non-hydrogen) atoms. The van der Waals surface area contributed by atoms with Gasteiger partial charge in [-0.05, 0) is 16.7 Å². The zero-order valence-corrected chi connectivity index (χ0v) is 9.56. The molecule has 1 atom stereocenters. The topological polar surface area (TPSA) is 26.0 Å². The van der Waals surface area contributed by atoms with Crippen LogP contribution in [0.4, 0.5) is 0 Å². The molecular weight excluding hydrogens is 194 g/mol. The van der Waals surface area contributed by atoms with Gasteiger partial charge in [-0.25, -0.2) is 0 Å². The van der Waals surface area contributed by atoms with Gasteiger partial charge in [-0.1, -0.05) is 61.5 Å². The fraction of sp³-hybridized carbons (Fsp3) is 0.200. The summed E-state index contributed by atoms with van der Waals surface area (Å²) >= 11 is 0. The van der Waals surface area contributed by atoms with Crippen LogP contribution in [0.3, 0.4) is 0 Å². The minimum atomic E-state index is 0.424. The third-order valence-electron chi connectivity index (χ3n) is 2.99. The minimum absolute atomic E-state index is 0.424. The van der Waals surface area contributed by atoms with Crippen LogP contribution in [0, 0.1) is 0 Å². The maximum atomic E-state index is 5.66. The first-order valence-corrected chi connectivity index (χ1v) is 5.65. The van der Waals surface area contributed by atoms with Crippen LogP contribution in [0.2, 0.25) is 0 Å². The quantitative estimate of drug-likeness (QED) is 0.828. The molecule has 2 aromatic carbocycles. The predicted molar refractivity (Wildman–Crippen MR) is 68.3 cm³/mol. The molecule has 82 valence electrons. The normalized spacial score (nSPS) is 12.4. The van der Waals surface area contributed by atoms with Crippen LogP contribution in [-0.4, -0.2) is 0 Å². The molecule has 0 spiro atoms. The van der Waals surface area contributed by atoms with Crippen molar-refractivity contribution in [1.82, 2.24) is 0 Å². The Labute approximate surface area is 96.9 Å². The van der Waals surface area contributed by atoms with Crippen molar-refractivity contribution in [3.8, 4) is 0 Å². The molecule has 2 rings (SSSR count). The number of hydrogen-bond acceptors (Lipinski definition) is 1. The number of hydrogen-bond donors (Lipinski definition) is 1. The molecule has 0 bridgehead atoms. The van der Waals surface area contributed by atoms with Gasteiger partial charge >= 0.3 is 0 Å². The highest BCUT2D eigenvalue weighted by molar-refractivity contribution is 5.34.